The number of nitrogens with one attached hydrogen (secondary N) is 1. The van der Waals surface area contributed by atoms with E-state index >= 15 is 0 Å². The smallest absolute Gasteiger partial charge is 0.411 e. The van der Waals surface area contributed by atoms with Crippen LogP contribution in [0.5, 0.6) is 5.75 Å². The maximum Gasteiger partial charge on any atom is 0.411 e. The summed E-state index contributed by atoms with van der Waals surface area (Å²) in [5.74, 6) is 1.32. The molecule has 1 aromatic heterocycles. The number of rotatable bonds is 7. The number of nitrogens with two attached hydrogens (primary N) is 1. The highest BCUT2D eigenvalue weighted by Gasteiger charge is 2.19. The van der Waals surface area contributed by atoms with Gasteiger partial charge in [0.15, 0.2) is 0 Å². The molecule has 31 heavy (non-hydrogen) atoms. The summed E-state index contributed by atoms with van der Waals surface area (Å²) in [6.45, 7) is 3.83. The third kappa shape index (κ3) is 4.39. The van der Waals surface area contributed by atoms with Crippen LogP contribution in [0.15, 0.2) is 42.5 Å². The van der Waals surface area contributed by atoms with Crippen LogP contribution < -0.4 is 15.8 Å². The fraction of sp³-hybridized carbons (Fsp3) is 0.400. The minimum Gasteiger partial charge on any atom is -0.497 e. The first kappa shape index (κ1) is 21.2. The second kappa shape index (κ2) is 9.43. The topological polar surface area (TPSA) is 78.5 Å². The number of nitrogens with zero attached hydrogens (tertiary/aromatic N) is 1. The van der Waals surface area contributed by atoms with Crippen molar-refractivity contribution in [1.29, 1.82) is 0 Å². The lowest BCUT2D eigenvalue weighted by Gasteiger charge is -2.13. The molecule has 1 aliphatic rings. The average Bonchev–Trinajstić information content (AvgIpc) is 3.42. The minimum atomic E-state index is -0.399. The Bertz CT molecular complexity index is 1070. The Balaban J connectivity index is 1.62. The van der Waals surface area contributed by atoms with E-state index < -0.39 is 6.09 Å². The van der Waals surface area contributed by atoms with Crippen LogP contribution in [0.4, 0.5) is 10.5 Å². The highest BCUT2D eigenvalue weighted by Crippen LogP contribution is 2.36. The fourth-order valence-corrected chi connectivity index (χ4v) is 4.66. The van der Waals surface area contributed by atoms with Crippen LogP contribution in [0.1, 0.15) is 38.2 Å². The largest absolute Gasteiger partial charge is 0.497 e. The lowest BCUT2D eigenvalue weighted by Crippen LogP contribution is -2.17. The number of methoxy groups -OCH3 is 1. The molecule has 1 fully saturated rings. The molecule has 0 unspecified atom stereocenters. The molecule has 3 aromatic rings. The Morgan fingerprint density at radius 1 is 1.19 bits per heavy atom. The summed E-state index contributed by atoms with van der Waals surface area (Å²) in [7, 11) is 1.67. The number of amides is 1. The van der Waals surface area contributed by atoms with E-state index in [4.69, 9.17) is 15.2 Å². The zero-order valence-corrected chi connectivity index (χ0v) is 18.3. The van der Waals surface area contributed by atoms with Gasteiger partial charge < -0.3 is 19.8 Å². The van der Waals surface area contributed by atoms with Crippen LogP contribution in [0.3, 0.4) is 0 Å². The third-order valence-corrected chi connectivity index (χ3v) is 6.20. The van der Waals surface area contributed by atoms with E-state index in [1.54, 1.807) is 7.11 Å². The molecular formula is C25H31N3O3. The van der Waals surface area contributed by atoms with Crippen LogP contribution in [0.25, 0.3) is 22.2 Å². The molecular weight excluding hydrogens is 390 g/mol. The third-order valence-electron chi connectivity index (χ3n) is 6.20. The number of ether oxygens (including phenoxy) is 2. The van der Waals surface area contributed by atoms with Gasteiger partial charge in [0.1, 0.15) is 5.75 Å². The second-order valence-electron chi connectivity index (χ2n) is 8.11. The zero-order valence-electron chi connectivity index (χ0n) is 18.3. The lowest BCUT2D eigenvalue weighted by molar-refractivity contribution is 0.142. The fourth-order valence-electron chi connectivity index (χ4n) is 4.66. The normalized spacial score (nSPS) is 14.2. The number of benzene rings is 2. The van der Waals surface area contributed by atoms with Crippen LogP contribution in [-0.4, -0.2) is 24.4 Å². The van der Waals surface area contributed by atoms with E-state index in [-0.39, 0.29) is 0 Å². The molecule has 6 nitrogen and oxygen atoms in total. The standard InChI is InChI=1S/C25H31N3O3/c1-3-28-23-14-20(30-2)11-12-21(23)22(15-26)24(28)18-9-6-10-19(13-18)27-25(29)31-16-17-7-4-5-8-17/h6,9-14,17H,3-5,7-8,15-16,26H2,1-2H3,(H,27,29). The lowest BCUT2D eigenvalue weighted by atomic mass is 10.0. The van der Waals surface area contributed by atoms with Gasteiger partial charge in [0.25, 0.3) is 0 Å². The first-order chi connectivity index (χ1) is 15.1. The van der Waals surface area contributed by atoms with Crippen LogP contribution in [0.2, 0.25) is 0 Å². The number of aromatic nitrogens is 1. The Hall–Kier alpha value is -2.99. The van der Waals surface area contributed by atoms with E-state index in [1.165, 1.54) is 12.8 Å². The van der Waals surface area contributed by atoms with E-state index in [1.807, 2.05) is 36.4 Å². The highest BCUT2D eigenvalue weighted by molar-refractivity contribution is 5.94. The van der Waals surface area contributed by atoms with E-state index in [9.17, 15) is 4.79 Å². The van der Waals surface area contributed by atoms with Crippen molar-refractivity contribution in [2.75, 3.05) is 19.0 Å². The van der Waals surface area contributed by atoms with Gasteiger partial charge in [-0.25, -0.2) is 4.79 Å². The summed E-state index contributed by atoms with van der Waals surface area (Å²) in [4.78, 5) is 12.3. The van der Waals surface area contributed by atoms with Gasteiger partial charge in [0.2, 0.25) is 0 Å². The molecule has 0 aliphatic heterocycles. The van der Waals surface area contributed by atoms with Crippen molar-refractivity contribution in [3.8, 4) is 17.0 Å². The van der Waals surface area contributed by atoms with Gasteiger partial charge in [0, 0.05) is 35.8 Å². The number of hydrogen-bond acceptors (Lipinski definition) is 4. The second-order valence-corrected chi connectivity index (χ2v) is 8.11. The predicted octanol–water partition coefficient (Wildman–Crippen LogP) is 5.53. The highest BCUT2D eigenvalue weighted by atomic mass is 16.5. The summed E-state index contributed by atoms with van der Waals surface area (Å²) in [6.07, 6.45) is 4.37. The Morgan fingerprint density at radius 3 is 2.71 bits per heavy atom. The molecule has 3 N–H and O–H groups in total. The van der Waals surface area contributed by atoms with Crippen molar-refractivity contribution in [3.05, 3.63) is 48.0 Å². The van der Waals surface area contributed by atoms with Crippen molar-refractivity contribution in [2.24, 2.45) is 11.7 Å². The van der Waals surface area contributed by atoms with Crippen molar-refractivity contribution in [2.45, 2.75) is 45.7 Å². The van der Waals surface area contributed by atoms with Crippen LogP contribution in [0, 0.1) is 5.92 Å². The summed E-state index contributed by atoms with van der Waals surface area (Å²) >= 11 is 0. The van der Waals surface area contributed by atoms with Gasteiger partial charge in [0.05, 0.1) is 24.9 Å². The van der Waals surface area contributed by atoms with Crippen LogP contribution in [-0.2, 0) is 17.8 Å². The van der Waals surface area contributed by atoms with Gasteiger partial charge in [-0.2, -0.15) is 0 Å². The molecule has 0 saturated heterocycles. The molecule has 2 aromatic carbocycles. The number of carbonyl (C=O) groups excluding carboxylic acids is 1. The number of anilines is 1. The van der Waals surface area contributed by atoms with Gasteiger partial charge in [-0.15, -0.1) is 0 Å². The maximum atomic E-state index is 12.3. The Labute approximate surface area is 183 Å². The quantitative estimate of drug-likeness (QED) is 0.525. The average molecular weight is 422 g/mol. The van der Waals surface area contributed by atoms with Gasteiger partial charge in [-0.3, -0.25) is 5.32 Å². The van der Waals surface area contributed by atoms with Crippen molar-refractivity contribution >= 4 is 22.7 Å². The van der Waals surface area contributed by atoms with Gasteiger partial charge in [-0.1, -0.05) is 25.0 Å². The molecule has 1 saturated carbocycles. The van der Waals surface area contributed by atoms with E-state index in [0.717, 1.165) is 52.9 Å². The number of carbonyl (C=O) groups is 1. The molecule has 0 radical (unpaired) electrons. The first-order valence-corrected chi connectivity index (χ1v) is 11.1. The summed E-state index contributed by atoms with van der Waals surface area (Å²) in [6, 6.07) is 13.9. The molecule has 6 heteroatoms. The molecule has 4 rings (SSSR count). The molecule has 1 heterocycles. The number of hydrogen-bond donors (Lipinski definition) is 2. The molecule has 1 aliphatic carbocycles. The summed E-state index contributed by atoms with van der Waals surface area (Å²) < 4.78 is 13.1. The Morgan fingerprint density at radius 2 is 2.00 bits per heavy atom. The van der Waals surface area contributed by atoms with Crippen LogP contribution >= 0.6 is 0 Å². The molecule has 0 spiro atoms. The SMILES string of the molecule is CCn1c(-c2cccc(NC(=O)OCC3CCCC3)c2)c(CN)c2ccc(OC)cc21. The zero-order chi connectivity index (χ0) is 21.8. The van der Waals surface area contributed by atoms with Crippen molar-refractivity contribution in [3.63, 3.8) is 0 Å². The minimum absolute atomic E-state index is 0.399. The summed E-state index contributed by atoms with van der Waals surface area (Å²) in [5, 5.41) is 4.00. The number of aryl methyl sites for hydroxylation is 1. The van der Waals surface area contributed by atoms with Crippen molar-refractivity contribution < 1.29 is 14.3 Å². The predicted molar refractivity (Wildman–Crippen MR) is 124 cm³/mol. The van der Waals surface area contributed by atoms with Crippen molar-refractivity contribution in [1.82, 2.24) is 4.57 Å². The van der Waals surface area contributed by atoms with E-state index in [2.05, 4.69) is 22.9 Å². The molecule has 0 atom stereocenters. The molecule has 164 valence electrons. The summed E-state index contributed by atoms with van der Waals surface area (Å²) in [5.41, 5.74) is 11.1. The number of fused-ring (bicyclic) bond motifs is 1. The van der Waals surface area contributed by atoms with Gasteiger partial charge in [-0.05, 0) is 55.5 Å². The Kier molecular flexibility index (Phi) is 6.47. The van der Waals surface area contributed by atoms with E-state index in [0.29, 0.717) is 24.8 Å². The molecule has 0 bridgehead atoms. The monoisotopic (exact) mass is 421 g/mol. The first-order valence-electron chi connectivity index (χ1n) is 11.1. The van der Waals surface area contributed by atoms with Gasteiger partial charge >= 0.3 is 6.09 Å². The maximum absolute atomic E-state index is 12.3. The molecule has 1 amide bonds.